The van der Waals surface area contributed by atoms with E-state index in [2.05, 4.69) is 4.98 Å². The van der Waals surface area contributed by atoms with Gasteiger partial charge >= 0.3 is 0 Å². The Kier molecular flexibility index (Phi) is 3.05. The minimum absolute atomic E-state index is 0.423. The maximum Gasteiger partial charge on any atom is 0.231 e. The van der Waals surface area contributed by atoms with Gasteiger partial charge in [-0.3, -0.25) is 9.78 Å². The second-order valence-corrected chi connectivity index (χ2v) is 3.76. The summed E-state index contributed by atoms with van der Waals surface area (Å²) < 4.78 is 0. The Labute approximate surface area is 99.3 Å². The van der Waals surface area contributed by atoms with E-state index in [0.29, 0.717) is 11.4 Å². The molecule has 1 heterocycles. The zero-order chi connectivity index (χ0) is 12.3. The van der Waals surface area contributed by atoms with Gasteiger partial charge in [0.2, 0.25) is 5.91 Å². The van der Waals surface area contributed by atoms with E-state index in [1.54, 1.807) is 12.1 Å². The Morgan fingerprint density at radius 2 is 1.82 bits per heavy atom. The van der Waals surface area contributed by atoms with Gasteiger partial charge in [0.05, 0.1) is 17.6 Å². The number of nitrogen functional groups attached to an aromatic ring is 1. The molecule has 0 spiro atoms. The monoisotopic (exact) mass is 227 g/mol. The molecule has 2 rings (SSSR count). The largest absolute Gasteiger partial charge is 0.397 e. The third-order valence-corrected chi connectivity index (χ3v) is 2.52. The smallest absolute Gasteiger partial charge is 0.231 e. The SMILES string of the molecule is NC(=O)C(c1ccccc1)c1ccc(N)cn1. The molecule has 0 bridgehead atoms. The van der Waals surface area contributed by atoms with Crippen LogP contribution in [-0.2, 0) is 4.79 Å². The lowest BCUT2D eigenvalue weighted by molar-refractivity contribution is -0.118. The topological polar surface area (TPSA) is 82.0 Å². The number of anilines is 1. The Balaban J connectivity index is 2.43. The number of carbonyl (C=O) groups is 1. The standard InChI is InChI=1S/C13H13N3O/c14-10-6-7-11(16-8-10)12(13(15)17)9-4-2-1-3-5-9/h1-8,12H,14H2,(H2,15,17). The lowest BCUT2D eigenvalue weighted by Gasteiger charge is -2.13. The van der Waals surface area contributed by atoms with Gasteiger partial charge < -0.3 is 11.5 Å². The number of carbonyl (C=O) groups excluding carboxylic acids is 1. The third kappa shape index (κ3) is 2.42. The lowest BCUT2D eigenvalue weighted by atomic mass is 9.94. The molecule has 4 nitrogen and oxygen atoms in total. The second kappa shape index (κ2) is 4.65. The van der Waals surface area contributed by atoms with Gasteiger partial charge in [-0.25, -0.2) is 0 Å². The molecule has 1 amide bonds. The predicted molar refractivity (Wildman–Crippen MR) is 66.1 cm³/mol. The number of hydrogen-bond donors (Lipinski definition) is 2. The Morgan fingerprint density at radius 1 is 1.12 bits per heavy atom. The highest BCUT2D eigenvalue weighted by Gasteiger charge is 2.20. The molecule has 0 aliphatic carbocycles. The first-order valence-corrected chi connectivity index (χ1v) is 5.24. The molecular weight excluding hydrogens is 214 g/mol. The van der Waals surface area contributed by atoms with Crippen LogP contribution in [0.1, 0.15) is 17.2 Å². The van der Waals surface area contributed by atoms with Crippen LogP contribution in [0.2, 0.25) is 0 Å². The lowest BCUT2D eigenvalue weighted by Crippen LogP contribution is -2.23. The number of pyridine rings is 1. The zero-order valence-corrected chi connectivity index (χ0v) is 9.21. The van der Waals surface area contributed by atoms with E-state index in [-0.39, 0.29) is 0 Å². The Bertz CT molecular complexity index is 508. The molecular formula is C13H13N3O. The minimum Gasteiger partial charge on any atom is -0.397 e. The number of benzene rings is 1. The highest BCUT2D eigenvalue weighted by molar-refractivity contribution is 5.85. The molecule has 2 aromatic rings. The fourth-order valence-electron chi connectivity index (χ4n) is 1.71. The van der Waals surface area contributed by atoms with Crippen molar-refractivity contribution < 1.29 is 4.79 Å². The van der Waals surface area contributed by atoms with Crippen molar-refractivity contribution in [2.24, 2.45) is 5.73 Å². The fourth-order valence-corrected chi connectivity index (χ4v) is 1.71. The van der Waals surface area contributed by atoms with Crippen LogP contribution < -0.4 is 11.5 Å². The molecule has 1 atom stereocenters. The summed E-state index contributed by atoms with van der Waals surface area (Å²) in [7, 11) is 0. The average molecular weight is 227 g/mol. The van der Waals surface area contributed by atoms with Crippen LogP contribution in [-0.4, -0.2) is 10.9 Å². The molecule has 0 fully saturated rings. The van der Waals surface area contributed by atoms with E-state index in [1.165, 1.54) is 6.20 Å². The van der Waals surface area contributed by atoms with Gasteiger partial charge in [0, 0.05) is 0 Å². The molecule has 4 N–H and O–H groups in total. The predicted octanol–water partition coefficient (Wildman–Crippen LogP) is 1.28. The van der Waals surface area contributed by atoms with Gasteiger partial charge in [0.1, 0.15) is 5.92 Å². The van der Waals surface area contributed by atoms with E-state index in [4.69, 9.17) is 11.5 Å². The van der Waals surface area contributed by atoms with Crippen molar-refractivity contribution in [3.8, 4) is 0 Å². The van der Waals surface area contributed by atoms with Gasteiger partial charge in [-0.2, -0.15) is 0 Å². The van der Waals surface area contributed by atoms with Crippen LogP contribution in [0.15, 0.2) is 48.7 Å². The first-order chi connectivity index (χ1) is 8.18. The summed E-state index contributed by atoms with van der Waals surface area (Å²) in [6.45, 7) is 0. The van der Waals surface area contributed by atoms with Crippen LogP contribution >= 0.6 is 0 Å². The van der Waals surface area contributed by atoms with Gasteiger partial charge in [0.15, 0.2) is 0 Å². The average Bonchev–Trinajstić information content (AvgIpc) is 2.33. The van der Waals surface area contributed by atoms with Gasteiger partial charge in [0.25, 0.3) is 0 Å². The summed E-state index contributed by atoms with van der Waals surface area (Å²) in [4.78, 5) is 15.7. The van der Waals surface area contributed by atoms with Crippen LogP contribution in [0.3, 0.4) is 0 Å². The summed E-state index contributed by atoms with van der Waals surface area (Å²) in [6, 6.07) is 12.8. The molecule has 0 aliphatic heterocycles. The zero-order valence-electron chi connectivity index (χ0n) is 9.21. The molecule has 0 aliphatic rings. The summed E-state index contributed by atoms with van der Waals surface area (Å²) in [5.74, 6) is -0.953. The van der Waals surface area contributed by atoms with E-state index in [0.717, 1.165) is 5.56 Å². The number of nitrogens with two attached hydrogens (primary N) is 2. The first-order valence-electron chi connectivity index (χ1n) is 5.24. The van der Waals surface area contributed by atoms with E-state index < -0.39 is 11.8 Å². The van der Waals surface area contributed by atoms with Crippen LogP contribution in [0.5, 0.6) is 0 Å². The highest BCUT2D eigenvalue weighted by atomic mass is 16.1. The minimum atomic E-state index is -0.531. The quantitative estimate of drug-likeness (QED) is 0.828. The molecule has 4 heteroatoms. The first kappa shape index (κ1) is 11.1. The molecule has 1 aromatic carbocycles. The number of primary amides is 1. The van der Waals surface area contributed by atoms with E-state index in [1.807, 2.05) is 30.3 Å². The van der Waals surface area contributed by atoms with Crippen LogP contribution in [0.4, 0.5) is 5.69 Å². The van der Waals surface area contributed by atoms with E-state index in [9.17, 15) is 4.79 Å². The Hall–Kier alpha value is -2.36. The van der Waals surface area contributed by atoms with Gasteiger partial charge in [-0.15, -0.1) is 0 Å². The molecule has 0 radical (unpaired) electrons. The van der Waals surface area contributed by atoms with Crippen molar-refractivity contribution in [2.45, 2.75) is 5.92 Å². The fraction of sp³-hybridized carbons (Fsp3) is 0.0769. The van der Waals surface area contributed by atoms with Crippen LogP contribution in [0.25, 0.3) is 0 Å². The molecule has 17 heavy (non-hydrogen) atoms. The number of aromatic nitrogens is 1. The van der Waals surface area contributed by atoms with Gasteiger partial charge in [-0.05, 0) is 17.7 Å². The third-order valence-electron chi connectivity index (χ3n) is 2.52. The summed E-state index contributed by atoms with van der Waals surface area (Å²) >= 11 is 0. The summed E-state index contributed by atoms with van der Waals surface area (Å²) in [6.07, 6.45) is 1.52. The Morgan fingerprint density at radius 3 is 2.35 bits per heavy atom. The maximum atomic E-state index is 11.5. The molecule has 1 aromatic heterocycles. The molecule has 86 valence electrons. The number of hydrogen-bond acceptors (Lipinski definition) is 3. The summed E-state index contributed by atoms with van der Waals surface area (Å²) in [5, 5.41) is 0. The van der Waals surface area contributed by atoms with Crippen molar-refractivity contribution in [1.29, 1.82) is 0 Å². The van der Waals surface area contributed by atoms with Crippen LogP contribution in [0, 0.1) is 0 Å². The number of amides is 1. The molecule has 1 unspecified atom stereocenters. The number of rotatable bonds is 3. The van der Waals surface area contributed by atoms with Crippen molar-refractivity contribution in [3.05, 3.63) is 59.9 Å². The van der Waals surface area contributed by atoms with Crippen molar-refractivity contribution in [3.63, 3.8) is 0 Å². The maximum absolute atomic E-state index is 11.5. The highest BCUT2D eigenvalue weighted by Crippen LogP contribution is 2.22. The molecule has 0 saturated carbocycles. The van der Waals surface area contributed by atoms with E-state index >= 15 is 0 Å². The van der Waals surface area contributed by atoms with Crippen molar-refractivity contribution in [1.82, 2.24) is 4.98 Å². The normalized spacial score (nSPS) is 12.0. The second-order valence-electron chi connectivity index (χ2n) is 3.76. The van der Waals surface area contributed by atoms with Gasteiger partial charge in [-0.1, -0.05) is 30.3 Å². The van der Waals surface area contributed by atoms with Crippen molar-refractivity contribution >= 4 is 11.6 Å². The van der Waals surface area contributed by atoms with Crippen molar-refractivity contribution in [2.75, 3.05) is 5.73 Å². The summed E-state index contributed by atoms with van der Waals surface area (Å²) in [5.41, 5.74) is 13.0. The molecule has 0 saturated heterocycles. The number of nitrogens with zero attached hydrogens (tertiary/aromatic N) is 1.